The second-order valence-corrected chi connectivity index (χ2v) is 1.73. The molecule has 12 heavy (non-hydrogen) atoms. The van der Waals surface area contributed by atoms with Crippen molar-refractivity contribution < 1.29 is 27.1 Å². The molecule has 0 unspecified atom stereocenters. The van der Waals surface area contributed by atoms with E-state index in [0.29, 0.717) is 0 Å². The van der Waals surface area contributed by atoms with Gasteiger partial charge >= 0.3 is 0 Å². The molecule has 0 aliphatic carbocycles. The molecule has 0 aliphatic heterocycles. The van der Waals surface area contributed by atoms with E-state index in [4.69, 9.17) is 5.11 Å². The quantitative estimate of drug-likeness (QED) is 0.532. The predicted molar refractivity (Wildman–Crippen MR) is 31.5 cm³/mol. The van der Waals surface area contributed by atoms with E-state index in [0.717, 1.165) is 0 Å². The Kier molecular flexibility index (Phi) is 4.50. The van der Waals surface area contributed by atoms with Gasteiger partial charge in [-0.25, -0.2) is 22.0 Å². The van der Waals surface area contributed by atoms with Gasteiger partial charge in [-0.3, -0.25) is 0 Å². The van der Waals surface area contributed by atoms with Crippen LogP contribution in [0, 0.1) is 0 Å². The molecule has 0 rings (SSSR count). The van der Waals surface area contributed by atoms with Crippen LogP contribution in [-0.2, 0) is 0 Å². The van der Waals surface area contributed by atoms with Crippen LogP contribution in [0.25, 0.3) is 0 Å². The number of hydrogen-bond donors (Lipinski definition) is 1. The highest BCUT2D eigenvalue weighted by atomic mass is 19.2. The molecule has 0 radical (unpaired) electrons. The Morgan fingerprint density at radius 2 is 1.33 bits per heavy atom. The van der Waals surface area contributed by atoms with Crippen molar-refractivity contribution in [2.45, 2.75) is 0 Å². The van der Waals surface area contributed by atoms with Crippen LogP contribution in [0.1, 0.15) is 0 Å². The first-order valence-electron chi connectivity index (χ1n) is 2.80. The molecular weight excluding hydrogens is 183 g/mol. The molecule has 6 heteroatoms. The minimum absolute atomic E-state index is 1.40. The fourth-order valence-electron chi connectivity index (χ4n) is 0.366. The largest absolute Gasteiger partial charge is 0.389 e. The zero-order valence-corrected chi connectivity index (χ0v) is 5.75. The van der Waals surface area contributed by atoms with Crippen LogP contribution in [0.5, 0.6) is 0 Å². The summed E-state index contributed by atoms with van der Waals surface area (Å²) < 4.78 is 59.4. The Labute approximate surface area is 64.8 Å². The van der Waals surface area contributed by atoms with E-state index in [-0.39, 0.29) is 0 Å². The molecule has 0 aliphatic rings. The summed E-state index contributed by atoms with van der Waals surface area (Å²) in [5.74, 6) is -8.40. The summed E-state index contributed by atoms with van der Waals surface area (Å²) in [7, 11) is 0. The van der Waals surface area contributed by atoms with E-state index in [1.54, 1.807) is 0 Å². The van der Waals surface area contributed by atoms with Gasteiger partial charge < -0.3 is 5.11 Å². The SMILES string of the molecule is OCC(F)=C(F)C(F)=C(F)CF. The van der Waals surface area contributed by atoms with Gasteiger partial charge in [-0.2, -0.15) is 0 Å². The predicted octanol–water partition coefficient (Wildman–Crippen LogP) is 2.25. The molecule has 0 saturated carbocycles. The second-order valence-electron chi connectivity index (χ2n) is 1.73. The summed E-state index contributed by atoms with van der Waals surface area (Å²) in [6.07, 6.45) is 0. The van der Waals surface area contributed by atoms with Gasteiger partial charge in [0.25, 0.3) is 0 Å². The number of rotatable bonds is 3. The van der Waals surface area contributed by atoms with E-state index in [1.165, 1.54) is 0 Å². The average Bonchev–Trinajstić information content (AvgIpc) is 2.12. The number of aliphatic hydroxyl groups is 1. The van der Waals surface area contributed by atoms with Crippen molar-refractivity contribution in [3.8, 4) is 0 Å². The molecule has 0 atom stereocenters. The van der Waals surface area contributed by atoms with Gasteiger partial charge in [0.2, 0.25) is 0 Å². The first-order valence-corrected chi connectivity index (χ1v) is 2.80. The second kappa shape index (κ2) is 4.87. The monoisotopic (exact) mass is 188 g/mol. The fourth-order valence-corrected chi connectivity index (χ4v) is 0.366. The summed E-state index contributed by atoms with van der Waals surface area (Å²) in [4.78, 5) is 0. The van der Waals surface area contributed by atoms with E-state index in [2.05, 4.69) is 0 Å². The van der Waals surface area contributed by atoms with E-state index >= 15 is 0 Å². The number of allylic oxidation sites excluding steroid dienone is 3. The van der Waals surface area contributed by atoms with Gasteiger partial charge in [-0.05, 0) is 0 Å². The maximum atomic E-state index is 12.1. The van der Waals surface area contributed by atoms with Crippen LogP contribution >= 0.6 is 0 Å². The zero-order chi connectivity index (χ0) is 9.72. The number of halogens is 5. The van der Waals surface area contributed by atoms with Crippen molar-refractivity contribution in [1.29, 1.82) is 0 Å². The number of alkyl halides is 1. The summed E-state index contributed by atoms with van der Waals surface area (Å²) in [5, 5.41) is 7.93. The number of hydrogen-bond acceptors (Lipinski definition) is 1. The summed E-state index contributed by atoms with van der Waals surface area (Å²) in [6, 6.07) is 0. The highest BCUT2D eigenvalue weighted by Gasteiger charge is 2.16. The first-order chi connectivity index (χ1) is 5.54. The number of aliphatic hydroxyl groups excluding tert-OH is 1. The van der Waals surface area contributed by atoms with Crippen molar-refractivity contribution in [1.82, 2.24) is 0 Å². The summed E-state index contributed by atoms with van der Waals surface area (Å²) in [5.41, 5.74) is 0. The Hall–Kier alpha value is -0.910. The van der Waals surface area contributed by atoms with E-state index < -0.39 is 36.6 Å². The Balaban J connectivity index is 4.82. The van der Waals surface area contributed by atoms with E-state index in [1.807, 2.05) is 0 Å². The maximum absolute atomic E-state index is 12.1. The first kappa shape index (κ1) is 11.1. The Morgan fingerprint density at radius 3 is 1.67 bits per heavy atom. The summed E-state index contributed by atoms with van der Waals surface area (Å²) in [6.45, 7) is -3.27. The minimum Gasteiger partial charge on any atom is -0.389 e. The lowest BCUT2D eigenvalue weighted by Gasteiger charge is -1.95. The third-order valence-corrected chi connectivity index (χ3v) is 0.925. The maximum Gasteiger partial charge on any atom is 0.195 e. The molecule has 0 aromatic rings. The Bertz CT molecular complexity index is 196. The van der Waals surface area contributed by atoms with Crippen LogP contribution in [-0.4, -0.2) is 18.4 Å². The molecule has 0 aromatic heterocycles. The van der Waals surface area contributed by atoms with Gasteiger partial charge in [0.1, 0.15) is 6.67 Å². The highest BCUT2D eigenvalue weighted by Crippen LogP contribution is 2.22. The average molecular weight is 188 g/mol. The smallest absolute Gasteiger partial charge is 0.195 e. The van der Waals surface area contributed by atoms with Gasteiger partial charge in [-0.15, -0.1) is 0 Å². The van der Waals surface area contributed by atoms with Gasteiger partial charge in [0.15, 0.2) is 23.3 Å². The minimum atomic E-state index is -2.26. The van der Waals surface area contributed by atoms with Crippen molar-refractivity contribution >= 4 is 0 Å². The Morgan fingerprint density at radius 1 is 0.917 bits per heavy atom. The molecule has 0 bridgehead atoms. The van der Waals surface area contributed by atoms with Crippen LogP contribution < -0.4 is 0 Å². The van der Waals surface area contributed by atoms with Crippen molar-refractivity contribution in [3.63, 3.8) is 0 Å². The molecule has 0 saturated heterocycles. The zero-order valence-electron chi connectivity index (χ0n) is 5.75. The molecule has 0 aromatic carbocycles. The standard InChI is InChI=1S/C6H5F5O/c7-1-3(8)5(10)6(11)4(9)2-12/h12H,1-2H2. The molecule has 1 nitrogen and oxygen atoms in total. The molecule has 0 fully saturated rings. The molecule has 70 valence electrons. The highest BCUT2D eigenvalue weighted by molar-refractivity contribution is 5.24. The lowest BCUT2D eigenvalue weighted by Crippen LogP contribution is -1.91. The normalized spacial score (nSPS) is 15.5. The van der Waals surface area contributed by atoms with Gasteiger partial charge in [0, 0.05) is 0 Å². The van der Waals surface area contributed by atoms with Crippen molar-refractivity contribution in [3.05, 3.63) is 23.3 Å². The molecular formula is C6H5F5O. The molecule has 0 amide bonds. The van der Waals surface area contributed by atoms with E-state index in [9.17, 15) is 22.0 Å². The van der Waals surface area contributed by atoms with Crippen LogP contribution in [0.3, 0.4) is 0 Å². The lowest BCUT2D eigenvalue weighted by molar-refractivity contribution is 0.286. The van der Waals surface area contributed by atoms with Crippen molar-refractivity contribution in [2.24, 2.45) is 0 Å². The lowest BCUT2D eigenvalue weighted by atomic mass is 10.3. The summed E-state index contributed by atoms with van der Waals surface area (Å²) >= 11 is 0. The van der Waals surface area contributed by atoms with Crippen molar-refractivity contribution in [2.75, 3.05) is 13.3 Å². The molecule has 0 heterocycles. The van der Waals surface area contributed by atoms with Gasteiger partial charge in [0.05, 0.1) is 6.61 Å². The van der Waals surface area contributed by atoms with Gasteiger partial charge in [-0.1, -0.05) is 0 Å². The fraction of sp³-hybridized carbons (Fsp3) is 0.333. The topological polar surface area (TPSA) is 20.2 Å². The van der Waals surface area contributed by atoms with Crippen LogP contribution in [0.2, 0.25) is 0 Å². The molecule has 1 N–H and O–H groups in total. The molecule has 0 spiro atoms. The third-order valence-electron chi connectivity index (χ3n) is 0.925. The third kappa shape index (κ3) is 2.61. The van der Waals surface area contributed by atoms with Crippen LogP contribution in [0.4, 0.5) is 22.0 Å². The van der Waals surface area contributed by atoms with Crippen LogP contribution in [0.15, 0.2) is 23.3 Å².